The number of carbonyl (C=O) groups is 1. The van der Waals surface area contributed by atoms with Gasteiger partial charge < -0.3 is 14.5 Å². The van der Waals surface area contributed by atoms with Crippen LogP contribution < -0.4 is 9.62 Å². The Morgan fingerprint density at radius 3 is 2.47 bits per heavy atom. The summed E-state index contributed by atoms with van der Waals surface area (Å²) in [6.45, 7) is 4.20. The van der Waals surface area contributed by atoms with E-state index >= 15 is 0 Å². The fourth-order valence-corrected chi connectivity index (χ4v) is 5.47. The Balaban J connectivity index is 1.78. The Kier molecular flexibility index (Phi) is 4.65. The molecule has 168 valence electrons. The number of furan rings is 1. The van der Waals surface area contributed by atoms with Gasteiger partial charge in [-0.3, -0.25) is 9.10 Å². The average Bonchev–Trinajstić information content (AvgIpc) is 3.42. The summed E-state index contributed by atoms with van der Waals surface area (Å²) in [5.41, 5.74) is 3.60. The molecule has 0 saturated heterocycles. The van der Waals surface area contributed by atoms with E-state index in [4.69, 9.17) is 9.15 Å². The van der Waals surface area contributed by atoms with Gasteiger partial charge in [-0.05, 0) is 32.8 Å². The van der Waals surface area contributed by atoms with Gasteiger partial charge in [0.1, 0.15) is 11.3 Å². The summed E-state index contributed by atoms with van der Waals surface area (Å²) in [4.78, 5) is 12.9. The highest BCUT2D eigenvalue weighted by molar-refractivity contribution is 7.92. The minimum absolute atomic E-state index is 0.264. The molecule has 0 radical (unpaired) electrons. The van der Waals surface area contributed by atoms with Gasteiger partial charge in [0.05, 0.1) is 35.8 Å². The van der Waals surface area contributed by atoms with Crippen LogP contribution in [0.4, 0.5) is 5.69 Å². The van der Waals surface area contributed by atoms with Gasteiger partial charge in [0.15, 0.2) is 0 Å². The van der Waals surface area contributed by atoms with Gasteiger partial charge in [-0.1, -0.05) is 29.8 Å². The Hall–Kier alpha value is -2.84. The van der Waals surface area contributed by atoms with Gasteiger partial charge in [0.25, 0.3) is 5.91 Å². The predicted molar refractivity (Wildman–Crippen MR) is 123 cm³/mol. The SMILES string of the molecule is CNC(=O)c1c(-c2ccc(C)cc2)oc2cc3c(cc12)C(C)OC1(CC1)CN3S(C)(=O)=O. The molecule has 1 amide bonds. The van der Waals surface area contributed by atoms with Crippen molar-refractivity contribution in [3.8, 4) is 11.3 Å². The molecule has 1 fully saturated rings. The second-order valence-electron chi connectivity index (χ2n) is 8.87. The van der Waals surface area contributed by atoms with E-state index < -0.39 is 15.6 Å². The second-order valence-corrected chi connectivity index (χ2v) is 10.8. The normalized spacial score (nSPS) is 19.6. The second kappa shape index (κ2) is 7.08. The minimum atomic E-state index is -3.53. The van der Waals surface area contributed by atoms with E-state index in [0.29, 0.717) is 28.0 Å². The molecule has 8 heteroatoms. The van der Waals surface area contributed by atoms with Crippen molar-refractivity contribution >= 4 is 32.6 Å². The highest BCUT2D eigenvalue weighted by Gasteiger charge is 2.50. The molecule has 1 aromatic heterocycles. The highest BCUT2D eigenvalue weighted by Crippen LogP contribution is 2.50. The first-order valence-electron chi connectivity index (χ1n) is 10.7. The van der Waals surface area contributed by atoms with Gasteiger partial charge in [-0.15, -0.1) is 0 Å². The number of ether oxygens (including phenoxy) is 1. The lowest BCUT2D eigenvalue weighted by Gasteiger charge is -2.24. The molecule has 7 nitrogen and oxygen atoms in total. The number of amides is 1. The summed E-state index contributed by atoms with van der Waals surface area (Å²) in [7, 11) is -1.95. The van der Waals surface area contributed by atoms with Gasteiger partial charge in [-0.25, -0.2) is 8.42 Å². The van der Waals surface area contributed by atoms with E-state index in [1.807, 2.05) is 44.2 Å². The quantitative estimate of drug-likeness (QED) is 0.642. The van der Waals surface area contributed by atoms with Gasteiger partial charge >= 0.3 is 0 Å². The molecule has 0 bridgehead atoms. The number of sulfonamides is 1. The topological polar surface area (TPSA) is 88.8 Å². The first-order chi connectivity index (χ1) is 15.1. The van der Waals surface area contributed by atoms with Crippen LogP contribution in [0.15, 0.2) is 40.8 Å². The lowest BCUT2D eigenvalue weighted by Crippen LogP contribution is -2.37. The van der Waals surface area contributed by atoms with Crippen LogP contribution in [0, 0.1) is 6.92 Å². The summed E-state index contributed by atoms with van der Waals surface area (Å²) >= 11 is 0. The van der Waals surface area contributed by atoms with E-state index in [1.165, 1.54) is 10.6 Å². The number of anilines is 1. The van der Waals surface area contributed by atoms with Crippen LogP contribution in [-0.2, 0) is 14.8 Å². The standard InChI is InChI=1S/C24H26N2O5S/c1-14-5-7-16(8-6-14)22-21(23(27)25-3)18-11-17-15(2)31-24(9-10-24)13-26(32(4,28)29)19(17)12-20(18)30-22/h5-8,11-12,15H,9-10,13H2,1-4H3,(H,25,27). The van der Waals surface area contributed by atoms with Crippen LogP contribution in [0.25, 0.3) is 22.3 Å². The number of benzene rings is 2. The highest BCUT2D eigenvalue weighted by atomic mass is 32.2. The van der Waals surface area contributed by atoms with Crippen molar-refractivity contribution in [3.63, 3.8) is 0 Å². The number of nitrogens with zero attached hydrogens (tertiary/aromatic N) is 1. The number of nitrogens with one attached hydrogen (secondary N) is 1. The average molecular weight is 455 g/mol. The maximum absolute atomic E-state index is 12.9. The van der Waals surface area contributed by atoms with Crippen molar-refractivity contribution in [3.05, 3.63) is 53.1 Å². The number of fused-ring (bicyclic) bond motifs is 2. The summed E-state index contributed by atoms with van der Waals surface area (Å²) in [6, 6.07) is 11.3. The molecular formula is C24H26N2O5S. The third-order valence-electron chi connectivity index (χ3n) is 6.38. The zero-order valence-corrected chi connectivity index (χ0v) is 19.4. The fourth-order valence-electron chi connectivity index (χ4n) is 4.48. The molecule has 2 aromatic carbocycles. The van der Waals surface area contributed by atoms with Crippen molar-refractivity contribution in [2.75, 3.05) is 24.2 Å². The van der Waals surface area contributed by atoms with Crippen LogP contribution in [0.5, 0.6) is 0 Å². The lowest BCUT2D eigenvalue weighted by molar-refractivity contribution is -0.0115. The Morgan fingerprint density at radius 2 is 1.88 bits per heavy atom. The molecule has 1 spiro atoms. The number of carbonyl (C=O) groups excluding carboxylic acids is 1. The van der Waals surface area contributed by atoms with Crippen LogP contribution >= 0.6 is 0 Å². The summed E-state index contributed by atoms with van der Waals surface area (Å²) in [5.74, 6) is 0.192. The predicted octanol–water partition coefficient (Wildman–Crippen LogP) is 4.16. The van der Waals surface area contributed by atoms with Crippen molar-refractivity contribution < 1.29 is 22.4 Å². The van der Waals surface area contributed by atoms with Crippen LogP contribution in [0.3, 0.4) is 0 Å². The molecular weight excluding hydrogens is 428 g/mol. The number of hydrogen-bond donors (Lipinski definition) is 1. The van der Waals surface area contributed by atoms with E-state index in [0.717, 1.165) is 29.5 Å². The Bertz CT molecular complexity index is 1340. The van der Waals surface area contributed by atoms with Crippen LogP contribution in [0.2, 0.25) is 0 Å². The lowest BCUT2D eigenvalue weighted by atomic mass is 10.00. The van der Waals surface area contributed by atoms with Crippen molar-refractivity contribution in [1.29, 1.82) is 0 Å². The van der Waals surface area contributed by atoms with E-state index in [2.05, 4.69) is 5.32 Å². The number of hydrogen-bond acceptors (Lipinski definition) is 5. The minimum Gasteiger partial charge on any atom is -0.455 e. The van der Waals surface area contributed by atoms with Gasteiger partial charge in [-0.2, -0.15) is 0 Å². The van der Waals surface area contributed by atoms with Gasteiger partial charge in [0.2, 0.25) is 10.0 Å². The molecule has 32 heavy (non-hydrogen) atoms. The smallest absolute Gasteiger partial charge is 0.255 e. The van der Waals surface area contributed by atoms with Crippen LogP contribution in [-0.4, -0.2) is 39.8 Å². The molecule has 1 unspecified atom stereocenters. The molecule has 1 N–H and O–H groups in total. The summed E-state index contributed by atoms with van der Waals surface area (Å²) in [6.07, 6.45) is 2.55. The zero-order valence-electron chi connectivity index (χ0n) is 18.6. The monoisotopic (exact) mass is 454 g/mol. The molecule has 1 saturated carbocycles. The molecule has 3 aromatic rings. The summed E-state index contributed by atoms with van der Waals surface area (Å²) < 4.78 is 39.4. The van der Waals surface area contributed by atoms with Crippen molar-refractivity contribution in [2.24, 2.45) is 0 Å². The molecule has 1 aliphatic carbocycles. The molecule has 2 aliphatic rings. The Labute approximate surface area is 187 Å². The maximum Gasteiger partial charge on any atom is 0.255 e. The van der Waals surface area contributed by atoms with E-state index in [9.17, 15) is 13.2 Å². The van der Waals surface area contributed by atoms with Gasteiger partial charge in [0, 0.05) is 29.6 Å². The number of aryl methyl sites for hydroxylation is 1. The first kappa shape index (κ1) is 21.0. The third-order valence-corrected chi connectivity index (χ3v) is 7.50. The Morgan fingerprint density at radius 1 is 1.19 bits per heavy atom. The van der Waals surface area contributed by atoms with Crippen LogP contribution in [0.1, 0.15) is 47.4 Å². The number of rotatable bonds is 3. The third kappa shape index (κ3) is 3.38. The summed E-state index contributed by atoms with van der Waals surface area (Å²) in [5, 5.41) is 3.34. The van der Waals surface area contributed by atoms with E-state index in [1.54, 1.807) is 13.1 Å². The maximum atomic E-state index is 12.9. The molecule has 5 rings (SSSR count). The van der Waals surface area contributed by atoms with E-state index in [-0.39, 0.29) is 18.6 Å². The molecule has 2 heterocycles. The molecule has 1 aliphatic heterocycles. The fraction of sp³-hybridized carbons (Fsp3) is 0.375. The van der Waals surface area contributed by atoms with Crippen molar-refractivity contribution in [2.45, 2.75) is 38.4 Å². The molecule has 1 atom stereocenters. The first-order valence-corrected chi connectivity index (χ1v) is 12.5. The van der Waals surface area contributed by atoms with Crippen molar-refractivity contribution in [1.82, 2.24) is 5.32 Å². The zero-order chi connectivity index (χ0) is 22.8. The largest absolute Gasteiger partial charge is 0.455 e.